The van der Waals surface area contributed by atoms with Crippen molar-refractivity contribution in [1.29, 1.82) is 0 Å². The topological polar surface area (TPSA) is 29.5 Å². The van der Waals surface area contributed by atoms with Crippen LogP contribution in [0.5, 0.6) is 0 Å². The molecule has 1 aromatic carbocycles. The maximum atomic E-state index is 13.7. The Labute approximate surface area is 121 Å². The van der Waals surface area contributed by atoms with Gasteiger partial charge in [-0.25, -0.2) is 4.39 Å². The van der Waals surface area contributed by atoms with Gasteiger partial charge in [-0.3, -0.25) is 4.79 Å². The van der Waals surface area contributed by atoms with Crippen molar-refractivity contribution in [3.63, 3.8) is 0 Å². The Morgan fingerprint density at radius 2 is 2.32 bits per heavy atom. The van der Waals surface area contributed by atoms with Crippen molar-refractivity contribution in [1.82, 2.24) is 4.90 Å². The molecule has 0 saturated carbocycles. The molecule has 1 heterocycles. The first-order valence-corrected chi connectivity index (χ1v) is 6.90. The first-order chi connectivity index (χ1) is 9.13. The molecule has 1 atom stereocenters. The van der Waals surface area contributed by atoms with E-state index in [2.05, 4.69) is 0 Å². The van der Waals surface area contributed by atoms with Crippen LogP contribution in [0.2, 0.25) is 5.02 Å². The molecule has 6 heteroatoms. The molecule has 1 saturated heterocycles. The molecule has 0 spiro atoms. The van der Waals surface area contributed by atoms with Gasteiger partial charge in [0.15, 0.2) is 0 Å². The van der Waals surface area contributed by atoms with E-state index < -0.39 is 5.82 Å². The second kappa shape index (κ2) is 6.55. The summed E-state index contributed by atoms with van der Waals surface area (Å²) >= 11 is 11.7. The van der Waals surface area contributed by atoms with E-state index in [0.29, 0.717) is 25.6 Å². The van der Waals surface area contributed by atoms with Crippen molar-refractivity contribution < 1.29 is 13.9 Å². The third-order valence-electron chi connectivity index (χ3n) is 3.12. The molecule has 1 aromatic rings. The molecule has 1 unspecified atom stereocenters. The first kappa shape index (κ1) is 14.6. The van der Waals surface area contributed by atoms with Crippen LogP contribution >= 0.6 is 23.2 Å². The average Bonchev–Trinajstić information content (AvgIpc) is 2.42. The standard InChI is InChI=1S/C13H14Cl2FNO2/c14-7-9-8-19-5-4-17(9)13(18)6-10-11(15)2-1-3-12(10)16/h1-3,9H,4-8H2. The number of morpholine rings is 1. The Bertz CT molecular complexity index is 450. The zero-order valence-electron chi connectivity index (χ0n) is 10.2. The molecule has 1 fully saturated rings. The molecule has 2 rings (SSSR count). The number of halogens is 3. The van der Waals surface area contributed by atoms with E-state index >= 15 is 0 Å². The number of nitrogens with zero attached hydrogens (tertiary/aromatic N) is 1. The van der Waals surface area contributed by atoms with E-state index in [4.69, 9.17) is 27.9 Å². The van der Waals surface area contributed by atoms with E-state index in [1.807, 2.05) is 0 Å². The van der Waals surface area contributed by atoms with Crippen molar-refractivity contribution in [2.45, 2.75) is 12.5 Å². The van der Waals surface area contributed by atoms with Crippen LogP contribution in [0.4, 0.5) is 4.39 Å². The Morgan fingerprint density at radius 1 is 1.53 bits per heavy atom. The summed E-state index contributed by atoms with van der Waals surface area (Å²) in [5.74, 6) is -0.339. The number of benzene rings is 1. The summed E-state index contributed by atoms with van der Waals surface area (Å²) in [6, 6.07) is 4.23. The molecular formula is C13H14Cl2FNO2. The number of rotatable bonds is 3. The van der Waals surface area contributed by atoms with Crippen molar-refractivity contribution in [3.8, 4) is 0 Å². The molecule has 0 N–H and O–H groups in total. The first-order valence-electron chi connectivity index (χ1n) is 5.99. The van der Waals surface area contributed by atoms with Crippen molar-refractivity contribution >= 4 is 29.1 Å². The summed E-state index contributed by atoms with van der Waals surface area (Å²) in [6.45, 7) is 1.37. The van der Waals surface area contributed by atoms with Gasteiger partial charge >= 0.3 is 0 Å². The molecule has 0 aliphatic carbocycles. The number of hydrogen-bond donors (Lipinski definition) is 0. The number of carbonyl (C=O) groups excluding carboxylic acids is 1. The fourth-order valence-corrected chi connectivity index (χ4v) is 2.55. The highest BCUT2D eigenvalue weighted by atomic mass is 35.5. The summed E-state index contributed by atoms with van der Waals surface area (Å²) in [6.07, 6.45) is -0.0567. The van der Waals surface area contributed by atoms with Crippen molar-refractivity contribution in [2.75, 3.05) is 25.6 Å². The second-order valence-electron chi connectivity index (χ2n) is 4.35. The minimum atomic E-state index is -0.462. The number of carbonyl (C=O) groups is 1. The lowest BCUT2D eigenvalue weighted by Gasteiger charge is -2.34. The molecule has 1 aliphatic rings. The highest BCUT2D eigenvalue weighted by Crippen LogP contribution is 2.21. The average molecular weight is 306 g/mol. The summed E-state index contributed by atoms with van der Waals surface area (Å²) in [5, 5.41) is 0.268. The fourth-order valence-electron chi connectivity index (χ4n) is 2.06. The fraction of sp³-hybridized carbons (Fsp3) is 0.462. The van der Waals surface area contributed by atoms with E-state index in [-0.39, 0.29) is 29.0 Å². The predicted molar refractivity (Wildman–Crippen MR) is 72.2 cm³/mol. The Balaban J connectivity index is 2.12. The van der Waals surface area contributed by atoms with Gasteiger partial charge in [-0.1, -0.05) is 17.7 Å². The zero-order chi connectivity index (χ0) is 13.8. The summed E-state index contributed by atoms with van der Waals surface area (Å²) in [4.78, 5) is 13.9. The lowest BCUT2D eigenvalue weighted by molar-refractivity contribution is -0.138. The van der Waals surface area contributed by atoms with Gasteiger partial charge in [0.25, 0.3) is 0 Å². The van der Waals surface area contributed by atoms with E-state index in [1.165, 1.54) is 12.1 Å². The molecule has 19 heavy (non-hydrogen) atoms. The summed E-state index contributed by atoms with van der Waals surface area (Å²) in [7, 11) is 0. The highest BCUT2D eigenvalue weighted by molar-refractivity contribution is 6.31. The lowest BCUT2D eigenvalue weighted by atomic mass is 10.1. The van der Waals surface area contributed by atoms with Crippen LogP contribution in [0.25, 0.3) is 0 Å². The van der Waals surface area contributed by atoms with E-state index in [0.717, 1.165) is 0 Å². The molecule has 0 radical (unpaired) electrons. The minimum absolute atomic E-state index is 0.0567. The SMILES string of the molecule is O=C(Cc1c(F)cccc1Cl)N1CCOCC1CCl. The van der Waals surface area contributed by atoms with Gasteiger partial charge in [-0.2, -0.15) is 0 Å². The molecule has 0 bridgehead atoms. The molecule has 104 valence electrons. The monoisotopic (exact) mass is 305 g/mol. The summed E-state index contributed by atoms with van der Waals surface area (Å²) in [5.41, 5.74) is 0.231. The number of alkyl halides is 1. The van der Waals surface area contributed by atoms with Crippen molar-refractivity contribution in [3.05, 3.63) is 34.6 Å². The van der Waals surface area contributed by atoms with Gasteiger partial charge in [0.1, 0.15) is 5.82 Å². The Morgan fingerprint density at radius 3 is 3.00 bits per heavy atom. The van der Waals surface area contributed by atoms with Gasteiger partial charge in [-0.05, 0) is 12.1 Å². The number of hydrogen-bond acceptors (Lipinski definition) is 2. The normalized spacial score (nSPS) is 19.5. The highest BCUT2D eigenvalue weighted by Gasteiger charge is 2.27. The number of ether oxygens (including phenoxy) is 1. The van der Waals surface area contributed by atoms with Crippen LogP contribution in [-0.4, -0.2) is 42.5 Å². The molecule has 1 amide bonds. The van der Waals surface area contributed by atoms with Crippen molar-refractivity contribution in [2.24, 2.45) is 0 Å². The van der Waals surface area contributed by atoms with E-state index in [9.17, 15) is 9.18 Å². The lowest BCUT2D eigenvalue weighted by Crippen LogP contribution is -2.50. The Hall–Kier alpha value is -0.840. The Kier molecular flexibility index (Phi) is 5.02. The number of amides is 1. The van der Waals surface area contributed by atoms with Crippen LogP contribution in [0.3, 0.4) is 0 Å². The van der Waals surface area contributed by atoms with Gasteiger partial charge in [0, 0.05) is 23.0 Å². The van der Waals surface area contributed by atoms with Gasteiger partial charge in [0.2, 0.25) is 5.91 Å². The third kappa shape index (κ3) is 3.38. The minimum Gasteiger partial charge on any atom is -0.377 e. The smallest absolute Gasteiger partial charge is 0.227 e. The maximum absolute atomic E-state index is 13.7. The molecule has 1 aliphatic heterocycles. The molecular weight excluding hydrogens is 292 g/mol. The largest absolute Gasteiger partial charge is 0.377 e. The second-order valence-corrected chi connectivity index (χ2v) is 5.06. The predicted octanol–water partition coefficient (Wildman–Crippen LogP) is 2.49. The van der Waals surface area contributed by atoms with Crippen LogP contribution < -0.4 is 0 Å². The third-order valence-corrected chi connectivity index (χ3v) is 3.83. The molecule has 3 nitrogen and oxygen atoms in total. The van der Waals surface area contributed by atoms with Crippen LogP contribution in [0, 0.1) is 5.82 Å². The quantitative estimate of drug-likeness (QED) is 0.803. The van der Waals surface area contributed by atoms with Crippen LogP contribution in [0.15, 0.2) is 18.2 Å². The zero-order valence-corrected chi connectivity index (χ0v) is 11.8. The summed E-state index contributed by atoms with van der Waals surface area (Å²) < 4.78 is 18.9. The maximum Gasteiger partial charge on any atom is 0.227 e. The molecule has 0 aromatic heterocycles. The van der Waals surface area contributed by atoms with E-state index in [1.54, 1.807) is 11.0 Å². The van der Waals surface area contributed by atoms with Gasteiger partial charge < -0.3 is 9.64 Å². The van der Waals surface area contributed by atoms with Crippen LogP contribution in [0.1, 0.15) is 5.56 Å². The van der Waals surface area contributed by atoms with Crippen LogP contribution in [-0.2, 0) is 16.0 Å². The van der Waals surface area contributed by atoms with Gasteiger partial charge in [0.05, 0.1) is 25.7 Å². The van der Waals surface area contributed by atoms with Gasteiger partial charge in [-0.15, -0.1) is 11.6 Å².